The van der Waals surface area contributed by atoms with Crippen LogP contribution in [0.25, 0.3) is 11.7 Å². The van der Waals surface area contributed by atoms with E-state index in [9.17, 15) is 5.21 Å². The van der Waals surface area contributed by atoms with E-state index >= 15 is 0 Å². The van der Waals surface area contributed by atoms with E-state index in [1.807, 2.05) is 20.8 Å². The van der Waals surface area contributed by atoms with E-state index in [0.29, 0.717) is 19.0 Å². The smallest absolute Gasteiger partial charge is 0.263 e. The van der Waals surface area contributed by atoms with Crippen LogP contribution in [0, 0.1) is 13.8 Å². The van der Waals surface area contributed by atoms with Crippen LogP contribution in [0.15, 0.2) is 4.42 Å². The zero-order valence-corrected chi connectivity index (χ0v) is 10.8. The summed E-state index contributed by atoms with van der Waals surface area (Å²) in [5.41, 5.74) is 2.84. The van der Waals surface area contributed by atoms with Gasteiger partial charge in [-0.25, -0.2) is 9.97 Å². The van der Waals surface area contributed by atoms with E-state index in [1.165, 1.54) is 5.06 Å². The molecule has 0 spiro atoms. The van der Waals surface area contributed by atoms with Crippen molar-refractivity contribution in [1.82, 2.24) is 19.6 Å². The van der Waals surface area contributed by atoms with E-state index in [4.69, 9.17) is 4.42 Å². The Morgan fingerprint density at radius 1 is 1.28 bits per heavy atom. The molecule has 0 unspecified atom stereocenters. The van der Waals surface area contributed by atoms with Crippen LogP contribution < -0.4 is 0 Å². The minimum Gasteiger partial charge on any atom is -0.439 e. The molecular formula is C12H16N4O2. The minimum atomic E-state index is 0.466. The maximum absolute atomic E-state index is 9.51. The second-order valence-electron chi connectivity index (χ2n) is 4.56. The number of rotatable bonds is 2. The number of oxazole rings is 1. The van der Waals surface area contributed by atoms with Crippen LogP contribution in [-0.2, 0) is 19.6 Å². The monoisotopic (exact) mass is 248 g/mol. The van der Waals surface area contributed by atoms with Crippen LogP contribution in [0.1, 0.15) is 29.8 Å². The topological polar surface area (TPSA) is 67.3 Å². The second-order valence-corrected chi connectivity index (χ2v) is 4.56. The van der Waals surface area contributed by atoms with Crippen LogP contribution >= 0.6 is 0 Å². The van der Waals surface area contributed by atoms with Gasteiger partial charge in [0, 0.05) is 6.54 Å². The predicted octanol–water partition coefficient (Wildman–Crippen LogP) is 1.88. The lowest BCUT2D eigenvalue weighted by Gasteiger charge is -2.08. The Balaban J connectivity index is 2.11. The first kappa shape index (κ1) is 11.4. The van der Waals surface area contributed by atoms with Crippen molar-refractivity contribution in [3.05, 3.63) is 22.8 Å². The van der Waals surface area contributed by atoms with Gasteiger partial charge < -0.3 is 14.2 Å². The van der Waals surface area contributed by atoms with Crippen LogP contribution in [0.2, 0.25) is 0 Å². The van der Waals surface area contributed by atoms with Gasteiger partial charge in [0.2, 0.25) is 0 Å². The summed E-state index contributed by atoms with van der Waals surface area (Å²) in [5, 5.41) is 10.8. The molecule has 0 fully saturated rings. The van der Waals surface area contributed by atoms with Gasteiger partial charge in [-0.3, -0.25) is 0 Å². The molecule has 2 aromatic rings. The standard InChI is InChI=1S/C12H16N4O2/c1-4-16-10-6-15(17)5-9(10)14-11(16)12-13-7(2)8(3)18-12/h17H,4-6H2,1-3H3. The Bertz CT molecular complexity index is 580. The van der Waals surface area contributed by atoms with Gasteiger partial charge >= 0.3 is 0 Å². The molecule has 96 valence electrons. The van der Waals surface area contributed by atoms with E-state index in [-0.39, 0.29) is 0 Å². The molecule has 3 heterocycles. The second kappa shape index (κ2) is 3.93. The summed E-state index contributed by atoms with van der Waals surface area (Å²) in [7, 11) is 0. The van der Waals surface area contributed by atoms with Gasteiger partial charge in [0.05, 0.1) is 30.2 Å². The fourth-order valence-corrected chi connectivity index (χ4v) is 2.31. The van der Waals surface area contributed by atoms with Crippen LogP contribution in [0.4, 0.5) is 0 Å². The summed E-state index contributed by atoms with van der Waals surface area (Å²) in [6.45, 7) is 7.63. The quantitative estimate of drug-likeness (QED) is 0.878. The maximum Gasteiger partial charge on any atom is 0.263 e. The molecule has 6 heteroatoms. The fraction of sp³-hybridized carbons (Fsp3) is 0.500. The molecule has 0 aliphatic carbocycles. The largest absolute Gasteiger partial charge is 0.439 e. The molecule has 0 amide bonds. The minimum absolute atomic E-state index is 0.466. The van der Waals surface area contributed by atoms with E-state index in [2.05, 4.69) is 14.5 Å². The Kier molecular flexibility index (Phi) is 2.49. The number of aromatic nitrogens is 3. The van der Waals surface area contributed by atoms with Crippen molar-refractivity contribution >= 4 is 0 Å². The summed E-state index contributed by atoms with van der Waals surface area (Å²) < 4.78 is 7.69. The SMILES string of the molecule is CCn1c(-c2nc(C)c(C)o2)nc2c1CN(O)C2. The first-order valence-corrected chi connectivity index (χ1v) is 6.06. The Morgan fingerprint density at radius 3 is 2.67 bits per heavy atom. The van der Waals surface area contributed by atoms with Gasteiger partial charge in [-0.2, -0.15) is 5.06 Å². The number of fused-ring (bicyclic) bond motifs is 1. The lowest BCUT2D eigenvalue weighted by Crippen LogP contribution is -2.13. The van der Waals surface area contributed by atoms with Crippen molar-refractivity contribution in [3.8, 4) is 11.7 Å². The molecule has 1 N–H and O–H groups in total. The van der Waals surface area contributed by atoms with Crippen molar-refractivity contribution in [2.45, 2.75) is 40.4 Å². The lowest BCUT2D eigenvalue weighted by molar-refractivity contribution is -0.0985. The molecule has 0 bridgehead atoms. The highest BCUT2D eigenvalue weighted by Gasteiger charge is 2.27. The van der Waals surface area contributed by atoms with Crippen molar-refractivity contribution in [2.24, 2.45) is 0 Å². The molecular weight excluding hydrogens is 232 g/mol. The molecule has 18 heavy (non-hydrogen) atoms. The third kappa shape index (κ3) is 1.57. The third-order valence-electron chi connectivity index (χ3n) is 3.36. The van der Waals surface area contributed by atoms with Crippen molar-refractivity contribution in [3.63, 3.8) is 0 Å². The van der Waals surface area contributed by atoms with Crippen molar-refractivity contribution in [2.75, 3.05) is 0 Å². The van der Waals surface area contributed by atoms with Crippen molar-refractivity contribution < 1.29 is 9.62 Å². The summed E-state index contributed by atoms with van der Waals surface area (Å²) in [6, 6.07) is 0. The highest BCUT2D eigenvalue weighted by atomic mass is 16.5. The normalized spacial score (nSPS) is 15.3. The Labute approximate surface area is 105 Å². The number of aryl methyl sites for hydroxylation is 2. The molecule has 0 aromatic carbocycles. The number of imidazole rings is 1. The zero-order valence-electron chi connectivity index (χ0n) is 10.8. The predicted molar refractivity (Wildman–Crippen MR) is 63.9 cm³/mol. The van der Waals surface area contributed by atoms with Gasteiger partial charge in [0.25, 0.3) is 5.89 Å². The molecule has 0 radical (unpaired) electrons. The van der Waals surface area contributed by atoms with Crippen LogP contribution in [0.3, 0.4) is 0 Å². The van der Waals surface area contributed by atoms with Crippen LogP contribution in [-0.4, -0.2) is 24.8 Å². The first-order valence-electron chi connectivity index (χ1n) is 6.06. The molecule has 1 aliphatic heterocycles. The van der Waals surface area contributed by atoms with E-state index < -0.39 is 0 Å². The third-order valence-corrected chi connectivity index (χ3v) is 3.36. The molecule has 0 saturated carbocycles. The molecule has 2 aromatic heterocycles. The first-order chi connectivity index (χ1) is 8.60. The van der Waals surface area contributed by atoms with E-state index in [0.717, 1.165) is 35.2 Å². The maximum atomic E-state index is 9.51. The van der Waals surface area contributed by atoms with E-state index in [1.54, 1.807) is 0 Å². The summed E-state index contributed by atoms with van der Waals surface area (Å²) in [6.07, 6.45) is 0. The summed E-state index contributed by atoms with van der Waals surface area (Å²) >= 11 is 0. The molecule has 3 rings (SSSR count). The average molecular weight is 248 g/mol. The zero-order chi connectivity index (χ0) is 12.9. The highest BCUT2D eigenvalue weighted by molar-refractivity contribution is 5.46. The fourth-order valence-electron chi connectivity index (χ4n) is 2.31. The molecule has 0 atom stereocenters. The average Bonchev–Trinajstić information content (AvgIpc) is 2.92. The lowest BCUT2D eigenvalue weighted by atomic mass is 10.4. The molecule has 1 aliphatic rings. The van der Waals surface area contributed by atoms with Gasteiger partial charge in [-0.15, -0.1) is 0 Å². The molecule has 6 nitrogen and oxygen atoms in total. The number of nitrogens with zero attached hydrogens (tertiary/aromatic N) is 4. The Hall–Kier alpha value is -1.66. The molecule has 0 saturated heterocycles. The summed E-state index contributed by atoms with van der Waals surface area (Å²) in [4.78, 5) is 8.94. The van der Waals surface area contributed by atoms with Crippen LogP contribution in [0.5, 0.6) is 0 Å². The van der Waals surface area contributed by atoms with Crippen molar-refractivity contribution in [1.29, 1.82) is 0 Å². The van der Waals surface area contributed by atoms with Gasteiger partial charge in [0.15, 0.2) is 5.82 Å². The number of hydroxylamine groups is 2. The van der Waals surface area contributed by atoms with Gasteiger partial charge in [-0.1, -0.05) is 0 Å². The Morgan fingerprint density at radius 2 is 2.06 bits per heavy atom. The highest BCUT2D eigenvalue weighted by Crippen LogP contribution is 2.28. The summed E-state index contributed by atoms with van der Waals surface area (Å²) in [5.74, 6) is 2.14. The van der Waals surface area contributed by atoms with Gasteiger partial charge in [0.1, 0.15) is 5.76 Å². The number of hydrogen-bond donors (Lipinski definition) is 1. The van der Waals surface area contributed by atoms with Gasteiger partial charge in [-0.05, 0) is 20.8 Å². The number of hydrogen-bond acceptors (Lipinski definition) is 5.